The highest BCUT2D eigenvalue weighted by Crippen LogP contribution is 2.37. The Bertz CT molecular complexity index is 669. The summed E-state index contributed by atoms with van der Waals surface area (Å²) < 4.78 is 10.6. The summed E-state index contributed by atoms with van der Waals surface area (Å²) in [5.74, 6) is 0.285. The van der Waals surface area contributed by atoms with E-state index >= 15 is 0 Å². The maximum atomic E-state index is 11.1. The first-order valence-corrected chi connectivity index (χ1v) is 6.14. The van der Waals surface area contributed by atoms with Crippen molar-refractivity contribution in [2.45, 2.75) is 6.04 Å². The standard InChI is InChI=1S/C15H13NO4/c16-14(15(17)18)11-4-2-1-3-10(11)9-5-6-12-13(7-9)20-8-19-12/h1-7,14H,8,16H2,(H,17,18)/t14-/m0/s1. The molecule has 1 atom stereocenters. The molecule has 0 fully saturated rings. The minimum atomic E-state index is -1.06. The summed E-state index contributed by atoms with van der Waals surface area (Å²) in [5, 5.41) is 9.09. The van der Waals surface area contributed by atoms with Crippen molar-refractivity contribution < 1.29 is 19.4 Å². The molecule has 0 amide bonds. The van der Waals surface area contributed by atoms with Gasteiger partial charge in [-0.3, -0.25) is 4.79 Å². The van der Waals surface area contributed by atoms with Crippen LogP contribution in [0.2, 0.25) is 0 Å². The molecule has 3 rings (SSSR count). The summed E-state index contributed by atoms with van der Waals surface area (Å²) in [4.78, 5) is 11.1. The molecule has 2 aromatic rings. The van der Waals surface area contributed by atoms with E-state index in [1.807, 2.05) is 24.3 Å². The molecule has 0 aliphatic carbocycles. The highest BCUT2D eigenvalue weighted by atomic mass is 16.7. The third kappa shape index (κ3) is 2.08. The van der Waals surface area contributed by atoms with Gasteiger partial charge in [0.1, 0.15) is 6.04 Å². The fourth-order valence-corrected chi connectivity index (χ4v) is 2.23. The normalized spacial score (nSPS) is 14.1. The molecular formula is C15H13NO4. The molecule has 5 heteroatoms. The van der Waals surface area contributed by atoms with Crippen LogP contribution in [0.15, 0.2) is 42.5 Å². The molecular weight excluding hydrogens is 258 g/mol. The van der Waals surface area contributed by atoms with Crippen LogP contribution < -0.4 is 15.2 Å². The Balaban J connectivity index is 2.08. The molecule has 1 aliphatic heterocycles. The Morgan fingerprint density at radius 3 is 2.70 bits per heavy atom. The van der Waals surface area contributed by atoms with E-state index in [1.165, 1.54) is 0 Å². The van der Waals surface area contributed by atoms with Crippen molar-refractivity contribution in [3.63, 3.8) is 0 Å². The summed E-state index contributed by atoms with van der Waals surface area (Å²) >= 11 is 0. The Morgan fingerprint density at radius 1 is 1.15 bits per heavy atom. The van der Waals surface area contributed by atoms with Gasteiger partial charge in [-0.2, -0.15) is 0 Å². The summed E-state index contributed by atoms with van der Waals surface area (Å²) in [6.45, 7) is 0.203. The van der Waals surface area contributed by atoms with Crippen LogP contribution in [0.4, 0.5) is 0 Å². The van der Waals surface area contributed by atoms with Gasteiger partial charge in [0.05, 0.1) is 0 Å². The number of hydrogen-bond donors (Lipinski definition) is 2. The molecule has 1 aliphatic rings. The van der Waals surface area contributed by atoms with Crippen molar-refractivity contribution in [3.05, 3.63) is 48.0 Å². The molecule has 0 saturated carbocycles. The number of aliphatic carboxylic acids is 1. The van der Waals surface area contributed by atoms with Crippen LogP contribution in [0, 0.1) is 0 Å². The van der Waals surface area contributed by atoms with Crippen molar-refractivity contribution >= 4 is 5.97 Å². The zero-order valence-electron chi connectivity index (χ0n) is 10.6. The van der Waals surface area contributed by atoms with Crippen LogP contribution in [0.3, 0.4) is 0 Å². The highest BCUT2D eigenvalue weighted by molar-refractivity contribution is 5.81. The predicted molar refractivity (Wildman–Crippen MR) is 72.6 cm³/mol. The van der Waals surface area contributed by atoms with Gasteiger partial charge < -0.3 is 20.3 Å². The molecule has 0 unspecified atom stereocenters. The summed E-state index contributed by atoms with van der Waals surface area (Å²) in [5.41, 5.74) is 7.93. The second-order valence-corrected chi connectivity index (χ2v) is 4.47. The fourth-order valence-electron chi connectivity index (χ4n) is 2.23. The van der Waals surface area contributed by atoms with E-state index in [4.69, 9.17) is 20.3 Å². The lowest BCUT2D eigenvalue weighted by atomic mass is 9.95. The lowest BCUT2D eigenvalue weighted by Crippen LogP contribution is -2.21. The lowest BCUT2D eigenvalue weighted by molar-refractivity contribution is -0.138. The SMILES string of the molecule is N[C@H](C(=O)O)c1ccccc1-c1ccc2c(c1)OCO2. The fraction of sp³-hybridized carbons (Fsp3) is 0.133. The van der Waals surface area contributed by atoms with E-state index in [1.54, 1.807) is 18.2 Å². The lowest BCUT2D eigenvalue weighted by Gasteiger charge is -2.13. The second-order valence-electron chi connectivity index (χ2n) is 4.47. The van der Waals surface area contributed by atoms with E-state index in [0.29, 0.717) is 17.1 Å². The maximum absolute atomic E-state index is 11.1. The van der Waals surface area contributed by atoms with E-state index in [-0.39, 0.29) is 6.79 Å². The van der Waals surface area contributed by atoms with Crippen LogP contribution in [0.1, 0.15) is 11.6 Å². The zero-order valence-corrected chi connectivity index (χ0v) is 10.6. The van der Waals surface area contributed by atoms with Gasteiger partial charge in [-0.25, -0.2) is 0 Å². The van der Waals surface area contributed by atoms with Gasteiger partial charge in [0.15, 0.2) is 11.5 Å². The number of carboxylic acids is 1. The Labute approximate surface area is 115 Å². The second kappa shape index (κ2) is 4.86. The quantitative estimate of drug-likeness (QED) is 0.894. The molecule has 20 heavy (non-hydrogen) atoms. The van der Waals surface area contributed by atoms with Gasteiger partial charge in [-0.05, 0) is 28.8 Å². The third-order valence-corrected chi connectivity index (χ3v) is 3.25. The van der Waals surface area contributed by atoms with E-state index in [9.17, 15) is 4.79 Å². The Morgan fingerprint density at radius 2 is 1.90 bits per heavy atom. The van der Waals surface area contributed by atoms with E-state index in [2.05, 4.69) is 0 Å². The Hall–Kier alpha value is -2.53. The average Bonchev–Trinajstić information content (AvgIpc) is 2.93. The number of hydrogen-bond acceptors (Lipinski definition) is 4. The number of carboxylic acid groups (broad SMARTS) is 1. The summed E-state index contributed by atoms with van der Waals surface area (Å²) in [6.07, 6.45) is 0. The van der Waals surface area contributed by atoms with Crippen LogP contribution in [0.5, 0.6) is 11.5 Å². The molecule has 0 aromatic heterocycles. The molecule has 0 bridgehead atoms. The summed E-state index contributed by atoms with van der Waals surface area (Å²) in [6, 6.07) is 11.6. The molecule has 0 radical (unpaired) electrons. The summed E-state index contributed by atoms with van der Waals surface area (Å²) in [7, 11) is 0. The zero-order chi connectivity index (χ0) is 14.1. The van der Waals surface area contributed by atoms with E-state index < -0.39 is 12.0 Å². The number of fused-ring (bicyclic) bond motifs is 1. The van der Waals surface area contributed by atoms with Crippen LogP contribution >= 0.6 is 0 Å². The largest absolute Gasteiger partial charge is 0.480 e. The average molecular weight is 271 g/mol. The van der Waals surface area contributed by atoms with Crippen LogP contribution in [-0.4, -0.2) is 17.9 Å². The van der Waals surface area contributed by atoms with Gasteiger partial charge in [0.25, 0.3) is 0 Å². The third-order valence-electron chi connectivity index (χ3n) is 3.25. The number of ether oxygens (including phenoxy) is 2. The smallest absolute Gasteiger partial charge is 0.325 e. The first kappa shape index (κ1) is 12.5. The van der Waals surface area contributed by atoms with Crippen LogP contribution in [0.25, 0.3) is 11.1 Å². The van der Waals surface area contributed by atoms with Gasteiger partial charge in [0.2, 0.25) is 6.79 Å². The van der Waals surface area contributed by atoms with Crippen molar-refractivity contribution in [2.75, 3.05) is 6.79 Å². The molecule has 2 aromatic carbocycles. The highest BCUT2D eigenvalue weighted by Gasteiger charge is 2.20. The van der Waals surface area contributed by atoms with Crippen molar-refractivity contribution in [3.8, 4) is 22.6 Å². The van der Waals surface area contributed by atoms with Crippen molar-refractivity contribution in [1.82, 2.24) is 0 Å². The number of nitrogens with two attached hydrogens (primary N) is 1. The van der Waals surface area contributed by atoms with Crippen molar-refractivity contribution in [2.24, 2.45) is 5.73 Å². The first-order chi connectivity index (χ1) is 9.66. The molecule has 5 nitrogen and oxygen atoms in total. The number of carbonyl (C=O) groups is 1. The molecule has 102 valence electrons. The first-order valence-electron chi connectivity index (χ1n) is 6.14. The topological polar surface area (TPSA) is 81.8 Å². The van der Waals surface area contributed by atoms with Gasteiger partial charge in [-0.1, -0.05) is 30.3 Å². The van der Waals surface area contributed by atoms with Crippen molar-refractivity contribution in [1.29, 1.82) is 0 Å². The monoisotopic (exact) mass is 271 g/mol. The minimum absolute atomic E-state index is 0.203. The molecule has 0 spiro atoms. The maximum Gasteiger partial charge on any atom is 0.325 e. The van der Waals surface area contributed by atoms with Crippen LogP contribution in [-0.2, 0) is 4.79 Å². The molecule has 3 N–H and O–H groups in total. The van der Waals surface area contributed by atoms with Gasteiger partial charge in [-0.15, -0.1) is 0 Å². The molecule has 1 heterocycles. The number of benzene rings is 2. The van der Waals surface area contributed by atoms with E-state index in [0.717, 1.165) is 11.1 Å². The van der Waals surface area contributed by atoms with Gasteiger partial charge in [0, 0.05) is 0 Å². The number of rotatable bonds is 3. The predicted octanol–water partition coefficient (Wildman–Crippen LogP) is 2.17. The Kier molecular flexibility index (Phi) is 3.04. The molecule has 0 saturated heterocycles. The van der Waals surface area contributed by atoms with Gasteiger partial charge >= 0.3 is 5.97 Å². The minimum Gasteiger partial charge on any atom is -0.480 e.